The number of nitrogens with one attached hydrogen (secondary N) is 1. The van der Waals surface area contributed by atoms with E-state index in [0.717, 1.165) is 25.1 Å². The second-order valence-corrected chi connectivity index (χ2v) is 4.02. The summed E-state index contributed by atoms with van der Waals surface area (Å²) in [6.07, 6.45) is 1.86. The second kappa shape index (κ2) is 4.43. The summed E-state index contributed by atoms with van der Waals surface area (Å²) < 4.78 is 0. The van der Waals surface area contributed by atoms with Crippen molar-refractivity contribution in [2.75, 3.05) is 23.7 Å². The predicted molar refractivity (Wildman–Crippen MR) is 65.6 cm³/mol. The third kappa shape index (κ3) is 1.96. The van der Waals surface area contributed by atoms with E-state index in [1.807, 2.05) is 25.1 Å². The molecule has 0 saturated heterocycles. The molecule has 3 N–H and O–H groups in total. The maximum atomic E-state index is 11.9. The Labute approximate surface area is 95.4 Å². The Morgan fingerprint density at radius 2 is 2.38 bits per heavy atom. The fourth-order valence-electron chi connectivity index (χ4n) is 1.93. The largest absolute Gasteiger partial charge is 0.399 e. The molecule has 0 radical (unpaired) electrons. The molecule has 1 aromatic carbocycles. The number of rotatable bonds is 2. The van der Waals surface area contributed by atoms with Crippen LogP contribution in [-0.2, 0) is 6.42 Å². The third-order valence-corrected chi connectivity index (χ3v) is 2.78. The van der Waals surface area contributed by atoms with Crippen molar-refractivity contribution in [3.05, 3.63) is 23.8 Å². The molecule has 0 fully saturated rings. The monoisotopic (exact) mass is 219 g/mol. The van der Waals surface area contributed by atoms with Gasteiger partial charge in [-0.15, -0.1) is 0 Å². The predicted octanol–water partition coefficient (Wildman–Crippen LogP) is 1.75. The zero-order valence-electron chi connectivity index (χ0n) is 9.49. The number of carbonyl (C=O) groups excluding carboxylic acids is 1. The average molecular weight is 219 g/mol. The van der Waals surface area contributed by atoms with Gasteiger partial charge in [0.05, 0.1) is 5.69 Å². The Bertz CT molecular complexity index is 403. The number of nitrogens with zero attached hydrogens (tertiary/aromatic N) is 1. The van der Waals surface area contributed by atoms with E-state index in [9.17, 15) is 4.79 Å². The fourth-order valence-corrected chi connectivity index (χ4v) is 1.93. The van der Waals surface area contributed by atoms with Gasteiger partial charge >= 0.3 is 6.03 Å². The maximum Gasteiger partial charge on any atom is 0.321 e. The Morgan fingerprint density at radius 1 is 1.56 bits per heavy atom. The van der Waals surface area contributed by atoms with Gasteiger partial charge in [0.1, 0.15) is 0 Å². The Balaban J connectivity index is 2.16. The summed E-state index contributed by atoms with van der Waals surface area (Å²) in [5.41, 5.74) is 8.59. The van der Waals surface area contributed by atoms with E-state index in [4.69, 9.17) is 5.73 Å². The van der Waals surface area contributed by atoms with Crippen LogP contribution in [0.2, 0.25) is 0 Å². The van der Waals surface area contributed by atoms with Crippen molar-refractivity contribution in [2.24, 2.45) is 0 Å². The van der Waals surface area contributed by atoms with Crippen molar-refractivity contribution in [1.82, 2.24) is 5.32 Å². The molecule has 0 aromatic heterocycles. The first-order valence-electron chi connectivity index (χ1n) is 5.66. The molecular weight excluding hydrogens is 202 g/mol. The van der Waals surface area contributed by atoms with Crippen LogP contribution in [-0.4, -0.2) is 19.1 Å². The van der Waals surface area contributed by atoms with Gasteiger partial charge in [-0.2, -0.15) is 0 Å². The maximum absolute atomic E-state index is 11.9. The van der Waals surface area contributed by atoms with Gasteiger partial charge < -0.3 is 11.1 Å². The van der Waals surface area contributed by atoms with E-state index in [1.54, 1.807) is 4.90 Å². The summed E-state index contributed by atoms with van der Waals surface area (Å²) in [4.78, 5) is 13.6. The minimum Gasteiger partial charge on any atom is -0.399 e. The van der Waals surface area contributed by atoms with E-state index >= 15 is 0 Å². The highest BCUT2D eigenvalue weighted by molar-refractivity contribution is 5.94. The number of benzene rings is 1. The van der Waals surface area contributed by atoms with Gasteiger partial charge in [0.2, 0.25) is 0 Å². The van der Waals surface area contributed by atoms with Crippen molar-refractivity contribution >= 4 is 17.4 Å². The van der Waals surface area contributed by atoms with Crippen LogP contribution in [0.1, 0.15) is 18.9 Å². The zero-order chi connectivity index (χ0) is 11.5. The van der Waals surface area contributed by atoms with E-state index in [1.165, 1.54) is 5.56 Å². The molecule has 0 saturated carbocycles. The van der Waals surface area contributed by atoms with Gasteiger partial charge in [0.25, 0.3) is 0 Å². The van der Waals surface area contributed by atoms with Crippen LogP contribution in [0.15, 0.2) is 18.2 Å². The molecule has 0 aliphatic carbocycles. The summed E-state index contributed by atoms with van der Waals surface area (Å²) >= 11 is 0. The molecule has 0 bridgehead atoms. The molecule has 0 atom stereocenters. The number of carbonyl (C=O) groups is 1. The number of amides is 2. The molecule has 0 unspecified atom stereocenters. The molecule has 16 heavy (non-hydrogen) atoms. The highest BCUT2D eigenvalue weighted by Crippen LogP contribution is 2.29. The third-order valence-electron chi connectivity index (χ3n) is 2.78. The highest BCUT2D eigenvalue weighted by Gasteiger charge is 2.24. The molecular formula is C12H17N3O. The first kappa shape index (κ1) is 10.8. The molecule has 86 valence electrons. The van der Waals surface area contributed by atoms with Crippen LogP contribution in [0.25, 0.3) is 0 Å². The van der Waals surface area contributed by atoms with E-state index in [-0.39, 0.29) is 6.03 Å². The average Bonchev–Trinajstić information content (AvgIpc) is 2.68. The van der Waals surface area contributed by atoms with E-state index in [0.29, 0.717) is 12.2 Å². The second-order valence-electron chi connectivity index (χ2n) is 4.02. The molecule has 1 aliphatic rings. The van der Waals surface area contributed by atoms with Gasteiger partial charge in [-0.3, -0.25) is 4.90 Å². The molecule has 4 nitrogen and oxygen atoms in total. The molecule has 0 spiro atoms. The quantitative estimate of drug-likeness (QED) is 0.744. The summed E-state index contributed by atoms with van der Waals surface area (Å²) in [5.74, 6) is 0. The summed E-state index contributed by atoms with van der Waals surface area (Å²) in [6, 6.07) is 5.73. The van der Waals surface area contributed by atoms with Gasteiger partial charge in [-0.1, -0.05) is 13.0 Å². The molecule has 1 aliphatic heterocycles. The minimum atomic E-state index is -0.0220. The van der Waals surface area contributed by atoms with Gasteiger partial charge in [0.15, 0.2) is 0 Å². The smallest absolute Gasteiger partial charge is 0.321 e. The lowest BCUT2D eigenvalue weighted by Crippen LogP contribution is -2.39. The lowest BCUT2D eigenvalue weighted by Gasteiger charge is -2.18. The highest BCUT2D eigenvalue weighted by atomic mass is 16.2. The normalized spacial score (nSPS) is 13.7. The van der Waals surface area contributed by atoms with Crippen molar-refractivity contribution < 1.29 is 4.79 Å². The Kier molecular flexibility index (Phi) is 2.99. The number of urea groups is 1. The van der Waals surface area contributed by atoms with Gasteiger partial charge in [-0.05, 0) is 30.5 Å². The lowest BCUT2D eigenvalue weighted by molar-refractivity contribution is 0.247. The first-order chi connectivity index (χ1) is 7.72. The number of nitrogen functional groups attached to an aromatic ring is 1. The van der Waals surface area contributed by atoms with Crippen molar-refractivity contribution in [1.29, 1.82) is 0 Å². The van der Waals surface area contributed by atoms with Crippen molar-refractivity contribution in [3.63, 3.8) is 0 Å². The topological polar surface area (TPSA) is 58.4 Å². The first-order valence-corrected chi connectivity index (χ1v) is 5.66. The number of anilines is 2. The zero-order valence-corrected chi connectivity index (χ0v) is 9.49. The minimum absolute atomic E-state index is 0.0220. The van der Waals surface area contributed by atoms with Gasteiger partial charge in [-0.25, -0.2) is 4.79 Å². The van der Waals surface area contributed by atoms with Crippen LogP contribution >= 0.6 is 0 Å². The molecule has 4 heteroatoms. The van der Waals surface area contributed by atoms with Crippen LogP contribution < -0.4 is 16.0 Å². The van der Waals surface area contributed by atoms with Crippen LogP contribution in [0, 0.1) is 0 Å². The lowest BCUT2D eigenvalue weighted by atomic mass is 10.1. The van der Waals surface area contributed by atoms with E-state index < -0.39 is 0 Å². The molecule has 2 amide bonds. The van der Waals surface area contributed by atoms with Crippen molar-refractivity contribution in [3.8, 4) is 0 Å². The number of nitrogens with two attached hydrogens (primary N) is 1. The molecule has 2 rings (SSSR count). The molecule has 1 aromatic rings. The number of hydrogen-bond acceptors (Lipinski definition) is 2. The molecule has 1 heterocycles. The van der Waals surface area contributed by atoms with Crippen LogP contribution in [0.3, 0.4) is 0 Å². The van der Waals surface area contributed by atoms with Gasteiger partial charge in [0, 0.05) is 18.8 Å². The standard InChI is InChI=1S/C12H17N3O/c1-2-6-14-12(16)15-7-5-9-3-4-10(13)8-11(9)15/h3-4,8H,2,5-7,13H2,1H3,(H,14,16). The number of hydrogen-bond donors (Lipinski definition) is 2. The SMILES string of the molecule is CCCNC(=O)N1CCc2ccc(N)cc21. The van der Waals surface area contributed by atoms with Crippen molar-refractivity contribution in [2.45, 2.75) is 19.8 Å². The summed E-state index contributed by atoms with van der Waals surface area (Å²) in [6.45, 7) is 3.50. The van der Waals surface area contributed by atoms with E-state index in [2.05, 4.69) is 5.32 Å². The summed E-state index contributed by atoms with van der Waals surface area (Å²) in [5, 5.41) is 2.88. The Morgan fingerprint density at radius 3 is 3.12 bits per heavy atom. The van der Waals surface area contributed by atoms with Crippen LogP contribution in [0.5, 0.6) is 0 Å². The number of fused-ring (bicyclic) bond motifs is 1. The summed E-state index contributed by atoms with van der Waals surface area (Å²) in [7, 11) is 0. The fraction of sp³-hybridized carbons (Fsp3) is 0.417. The Hall–Kier alpha value is -1.71. The van der Waals surface area contributed by atoms with Crippen LogP contribution in [0.4, 0.5) is 16.2 Å².